The first-order chi connectivity index (χ1) is 7.67. The van der Waals surface area contributed by atoms with E-state index in [4.69, 9.17) is 0 Å². The number of aliphatic hydroxyl groups excluding tert-OH is 1. The summed E-state index contributed by atoms with van der Waals surface area (Å²) in [5.41, 5.74) is 1.77. The number of nitrogens with zero attached hydrogens (tertiary/aromatic N) is 1. The van der Waals surface area contributed by atoms with E-state index in [9.17, 15) is 5.11 Å². The van der Waals surface area contributed by atoms with Gasteiger partial charge in [0.05, 0.1) is 5.54 Å². The van der Waals surface area contributed by atoms with Crippen LogP contribution in [0.4, 0.5) is 0 Å². The van der Waals surface area contributed by atoms with Gasteiger partial charge in [-0.25, -0.2) is 0 Å². The summed E-state index contributed by atoms with van der Waals surface area (Å²) < 4.78 is 0. The molecule has 0 heterocycles. The first-order valence-corrected chi connectivity index (χ1v) is 5.85. The molecule has 2 nitrogen and oxygen atoms in total. The third-order valence-corrected chi connectivity index (χ3v) is 3.53. The number of rotatable bonds is 2. The van der Waals surface area contributed by atoms with Gasteiger partial charge in [0, 0.05) is 5.22 Å². The zero-order valence-corrected chi connectivity index (χ0v) is 11.8. The Hall–Kier alpha value is -1.28. The predicted octanol–water partition coefficient (Wildman–Crippen LogP) is 1.72. The second-order valence-corrected chi connectivity index (χ2v) is 5.41. The lowest BCUT2D eigenvalue weighted by molar-refractivity contribution is 0.216. The quantitative estimate of drug-likeness (QED) is 0.841. The van der Waals surface area contributed by atoms with Crippen LogP contribution in [0.5, 0.6) is 0 Å². The molecule has 0 bridgehead atoms. The molecule has 94 valence electrons. The van der Waals surface area contributed by atoms with Crippen molar-refractivity contribution in [2.24, 2.45) is 0 Å². The summed E-state index contributed by atoms with van der Waals surface area (Å²) in [5.74, 6) is 0.414. The van der Waals surface area contributed by atoms with Gasteiger partial charge in [-0.05, 0) is 58.1 Å². The zero-order valence-electron chi connectivity index (χ0n) is 11.8. The molecule has 0 aliphatic carbocycles. The Labute approximate surface area is 104 Å². The average molecular weight is 233 g/mol. The van der Waals surface area contributed by atoms with Crippen LogP contribution in [0.3, 0.4) is 0 Å². The Bertz CT molecular complexity index is 497. The lowest BCUT2D eigenvalue weighted by Crippen LogP contribution is -2.42. The van der Waals surface area contributed by atoms with E-state index in [0.29, 0.717) is 5.76 Å². The Morgan fingerprint density at radius 1 is 1.18 bits per heavy atom. The highest BCUT2D eigenvalue weighted by molar-refractivity contribution is 5.50. The first-order valence-electron chi connectivity index (χ1n) is 5.85. The number of aliphatic hydroxyl groups is 1. The summed E-state index contributed by atoms with van der Waals surface area (Å²) in [4.78, 5) is 2.01. The van der Waals surface area contributed by atoms with E-state index >= 15 is 0 Å². The van der Waals surface area contributed by atoms with Crippen molar-refractivity contribution in [1.29, 1.82) is 0 Å². The van der Waals surface area contributed by atoms with Crippen LogP contribution in [0.15, 0.2) is 12.1 Å². The van der Waals surface area contributed by atoms with E-state index < -0.39 is 0 Å². The van der Waals surface area contributed by atoms with Gasteiger partial charge in [0.25, 0.3) is 0 Å². The van der Waals surface area contributed by atoms with Crippen LogP contribution in [-0.4, -0.2) is 29.6 Å². The number of aryl methyl sites for hydroxylation is 2. The molecule has 0 aliphatic rings. The van der Waals surface area contributed by atoms with Crippen molar-refractivity contribution in [3.63, 3.8) is 0 Å². The molecule has 0 saturated carbocycles. The maximum Gasteiger partial charge on any atom is 0.120 e. The second kappa shape index (κ2) is 4.53. The molecule has 0 radical (unpaired) electrons. The summed E-state index contributed by atoms with van der Waals surface area (Å²) in [5, 5.41) is 12.5. The molecule has 1 rings (SSSR count). The largest absolute Gasteiger partial charge is 0.510 e. The van der Waals surface area contributed by atoms with Crippen molar-refractivity contribution in [2.75, 3.05) is 14.1 Å². The van der Waals surface area contributed by atoms with Crippen molar-refractivity contribution in [3.8, 4) is 0 Å². The molecule has 0 spiro atoms. The molecule has 2 heteroatoms. The van der Waals surface area contributed by atoms with Gasteiger partial charge in [0.1, 0.15) is 5.76 Å². The minimum absolute atomic E-state index is 0.377. The van der Waals surface area contributed by atoms with Crippen molar-refractivity contribution in [2.45, 2.75) is 33.2 Å². The highest BCUT2D eigenvalue weighted by Crippen LogP contribution is 2.19. The fourth-order valence-corrected chi connectivity index (χ4v) is 1.94. The van der Waals surface area contributed by atoms with Crippen molar-refractivity contribution in [3.05, 3.63) is 33.7 Å². The summed E-state index contributed by atoms with van der Waals surface area (Å²) in [6.07, 6.45) is 0. The average Bonchev–Trinajstić information content (AvgIpc) is 2.15. The predicted molar refractivity (Wildman–Crippen MR) is 74.5 cm³/mol. The van der Waals surface area contributed by atoms with Crippen molar-refractivity contribution in [1.82, 2.24) is 4.90 Å². The van der Waals surface area contributed by atoms with Crippen LogP contribution in [0.2, 0.25) is 0 Å². The summed E-state index contributed by atoms with van der Waals surface area (Å²) >= 11 is 0. The van der Waals surface area contributed by atoms with Gasteiger partial charge in [-0.1, -0.05) is 18.7 Å². The molecule has 0 aromatic heterocycles. The lowest BCUT2D eigenvalue weighted by atomic mass is 9.95. The Kier molecular flexibility index (Phi) is 3.68. The monoisotopic (exact) mass is 233 g/mol. The van der Waals surface area contributed by atoms with Crippen LogP contribution in [-0.2, 0) is 0 Å². The van der Waals surface area contributed by atoms with Gasteiger partial charge in [0.2, 0.25) is 0 Å². The smallest absolute Gasteiger partial charge is 0.120 e. The standard InChI is InChI=1S/C15H23NO/c1-10-8-11(2)13(12(3)9-10)14(17)15(4,5)16(6)7/h8-9,17H,1H2,2-7H3. The van der Waals surface area contributed by atoms with Gasteiger partial charge in [-0.2, -0.15) is 0 Å². The maximum atomic E-state index is 10.5. The normalized spacial score (nSPS) is 11.9. The van der Waals surface area contributed by atoms with Crippen molar-refractivity contribution >= 4 is 12.3 Å². The van der Waals surface area contributed by atoms with Gasteiger partial charge in [-0.3, -0.25) is 4.90 Å². The van der Waals surface area contributed by atoms with Crippen LogP contribution < -0.4 is 10.4 Å². The van der Waals surface area contributed by atoms with E-state index in [0.717, 1.165) is 21.6 Å². The molecule has 1 N–H and O–H groups in total. The maximum absolute atomic E-state index is 10.5. The third kappa shape index (κ3) is 2.52. The molecular weight excluding hydrogens is 210 g/mol. The molecule has 17 heavy (non-hydrogen) atoms. The molecule has 0 amide bonds. The Morgan fingerprint density at radius 2 is 1.59 bits per heavy atom. The summed E-state index contributed by atoms with van der Waals surface area (Å²) in [7, 11) is 3.94. The molecule has 0 aliphatic heterocycles. The minimum Gasteiger partial charge on any atom is -0.510 e. The van der Waals surface area contributed by atoms with Crippen LogP contribution >= 0.6 is 0 Å². The lowest BCUT2D eigenvalue weighted by Gasteiger charge is -2.32. The van der Waals surface area contributed by atoms with E-state index in [1.165, 1.54) is 0 Å². The van der Waals surface area contributed by atoms with Gasteiger partial charge >= 0.3 is 0 Å². The molecular formula is C15H23NO. The van der Waals surface area contributed by atoms with Crippen LogP contribution in [0.1, 0.15) is 25.0 Å². The molecule has 0 fully saturated rings. The highest BCUT2D eigenvalue weighted by Gasteiger charge is 2.26. The number of hydrogen-bond acceptors (Lipinski definition) is 2. The topological polar surface area (TPSA) is 23.5 Å². The van der Waals surface area contributed by atoms with Gasteiger partial charge in [-0.15, -0.1) is 0 Å². The fourth-order valence-electron chi connectivity index (χ4n) is 1.94. The summed E-state index contributed by atoms with van der Waals surface area (Å²) in [6, 6.07) is 4.01. The van der Waals surface area contributed by atoms with Gasteiger partial charge < -0.3 is 5.11 Å². The highest BCUT2D eigenvalue weighted by atomic mass is 16.3. The zero-order chi connectivity index (χ0) is 13.4. The molecule has 1 aromatic rings. The van der Waals surface area contributed by atoms with Crippen LogP contribution in [0, 0.1) is 13.8 Å². The van der Waals surface area contributed by atoms with E-state index in [1.807, 2.05) is 58.8 Å². The molecule has 0 saturated heterocycles. The second-order valence-electron chi connectivity index (χ2n) is 5.41. The van der Waals surface area contributed by atoms with Crippen LogP contribution in [0.25, 0.3) is 12.3 Å². The molecule has 0 atom stereocenters. The molecule has 0 unspecified atom stereocenters. The third-order valence-electron chi connectivity index (χ3n) is 3.53. The van der Waals surface area contributed by atoms with E-state index in [1.54, 1.807) is 0 Å². The minimum atomic E-state index is -0.377. The van der Waals surface area contributed by atoms with Crippen molar-refractivity contribution < 1.29 is 5.11 Å². The first kappa shape index (κ1) is 13.8. The van der Waals surface area contributed by atoms with E-state index in [-0.39, 0.29) is 5.54 Å². The SMILES string of the molecule is C=c1cc(C)c(=C(O)C(C)(C)N(C)C)c(C)c1. The Balaban J connectivity index is 3.67. The summed E-state index contributed by atoms with van der Waals surface area (Å²) in [6.45, 7) is 12.0. The molecule has 1 aromatic carbocycles. The Morgan fingerprint density at radius 3 is 1.94 bits per heavy atom. The number of hydrogen-bond donors (Lipinski definition) is 1. The number of benzene rings is 1. The number of likely N-dealkylation sites (N-methyl/N-ethyl adjacent to an activating group) is 1. The van der Waals surface area contributed by atoms with E-state index in [2.05, 4.69) is 6.58 Å². The van der Waals surface area contributed by atoms with Gasteiger partial charge in [0.15, 0.2) is 0 Å². The fraction of sp³-hybridized carbons (Fsp3) is 0.467.